The van der Waals surface area contributed by atoms with Crippen molar-refractivity contribution in [1.82, 2.24) is 9.88 Å². The number of rotatable bonds is 6. The molecule has 6 heteroatoms. The maximum absolute atomic E-state index is 13.0. The number of anilines is 1. The number of thiophene rings is 1. The van der Waals surface area contributed by atoms with Gasteiger partial charge in [-0.15, -0.1) is 11.3 Å². The summed E-state index contributed by atoms with van der Waals surface area (Å²) >= 11 is 1.80. The van der Waals surface area contributed by atoms with Gasteiger partial charge >= 0.3 is 0 Å². The molecule has 3 heterocycles. The molecule has 1 amide bonds. The van der Waals surface area contributed by atoms with E-state index in [-0.39, 0.29) is 11.8 Å². The van der Waals surface area contributed by atoms with E-state index in [0.717, 1.165) is 35.5 Å². The lowest BCUT2D eigenvalue weighted by Gasteiger charge is -2.10. The molecule has 172 valence electrons. The zero-order valence-corrected chi connectivity index (χ0v) is 20.3. The second-order valence-corrected chi connectivity index (χ2v) is 10.6. The van der Waals surface area contributed by atoms with Crippen molar-refractivity contribution >= 4 is 46.0 Å². The predicted molar refractivity (Wildman–Crippen MR) is 140 cm³/mol. The van der Waals surface area contributed by atoms with Crippen molar-refractivity contribution in [3.63, 3.8) is 0 Å². The molecule has 1 spiro atoms. The number of H-pyrrole nitrogens is 1. The van der Waals surface area contributed by atoms with Crippen molar-refractivity contribution in [3.05, 3.63) is 81.2 Å². The van der Waals surface area contributed by atoms with Gasteiger partial charge in [-0.25, -0.2) is 0 Å². The molecular weight excluding hydrogens is 442 g/mol. The van der Waals surface area contributed by atoms with Gasteiger partial charge in [-0.2, -0.15) is 0 Å². The van der Waals surface area contributed by atoms with Crippen LogP contribution in [0.4, 0.5) is 5.69 Å². The molecular formula is C28H27N3O2S. The second-order valence-electron chi connectivity index (χ2n) is 9.56. The van der Waals surface area contributed by atoms with Gasteiger partial charge in [0.05, 0.1) is 12.5 Å². The average Bonchev–Trinajstić information content (AvgIpc) is 3.06. The lowest BCUT2D eigenvalue weighted by atomic mass is 9.91. The van der Waals surface area contributed by atoms with Gasteiger partial charge in [0.1, 0.15) is 5.75 Å². The first-order chi connectivity index (χ1) is 16.5. The molecule has 2 N–H and O–H groups in total. The van der Waals surface area contributed by atoms with E-state index in [1.54, 1.807) is 18.4 Å². The highest BCUT2D eigenvalue weighted by molar-refractivity contribution is 7.10. The maximum atomic E-state index is 13.0. The maximum Gasteiger partial charge on any atom is 0.235 e. The average molecular weight is 470 g/mol. The zero-order valence-electron chi connectivity index (χ0n) is 19.5. The summed E-state index contributed by atoms with van der Waals surface area (Å²) in [5.74, 6) is 1.06. The molecule has 34 heavy (non-hydrogen) atoms. The highest BCUT2D eigenvalue weighted by atomic mass is 32.1. The molecule has 1 fully saturated rings. The fraction of sp³-hybridized carbons (Fsp3) is 0.250. The van der Waals surface area contributed by atoms with E-state index >= 15 is 0 Å². The van der Waals surface area contributed by atoms with Crippen LogP contribution in [-0.4, -0.2) is 37.0 Å². The summed E-state index contributed by atoms with van der Waals surface area (Å²) in [4.78, 5) is 20.0. The number of nitrogens with one attached hydrogen (secondary N) is 2. The van der Waals surface area contributed by atoms with E-state index in [4.69, 9.17) is 4.74 Å². The molecule has 1 saturated carbocycles. The van der Waals surface area contributed by atoms with Gasteiger partial charge in [0.15, 0.2) is 0 Å². The summed E-state index contributed by atoms with van der Waals surface area (Å²) in [5, 5.41) is 6.47. The Labute approximate surface area is 203 Å². The summed E-state index contributed by atoms with van der Waals surface area (Å²) < 4.78 is 5.42. The molecule has 1 aliphatic heterocycles. The third kappa shape index (κ3) is 3.37. The fourth-order valence-corrected chi connectivity index (χ4v) is 6.26. The van der Waals surface area contributed by atoms with Crippen LogP contribution in [0.15, 0.2) is 54.0 Å². The number of ether oxygens (including phenoxy) is 1. The number of hydrogen-bond acceptors (Lipinski definition) is 4. The van der Waals surface area contributed by atoms with Crippen LogP contribution in [0.25, 0.3) is 23.1 Å². The van der Waals surface area contributed by atoms with Gasteiger partial charge in [-0.1, -0.05) is 24.3 Å². The number of carbonyl (C=O) groups excluding carboxylic acids is 1. The van der Waals surface area contributed by atoms with Crippen LogP contribution in [0.3, 0.4) is 0 Å². The van der Waals surface area contributed by atoms with Gasteiger partial charge in [0.25, 0.3) is 0 Å². The summed E-state index contributed by atoms with van der Waals surface area (Å²) in [6.07, 6.45) is 7.23. The highest BCUT2D eigenvalue weighted by Gasteiger charge is 2.65. The van der Waals surface area contributed by atoms with Crippen LogP contribution < -0.4 is 10.1 Å². The van der Waals surface area contributed by atoms with Gasteiger partial charge in [-0.3, -0.25) is 4.79 Å². The first kappa shape index (κ1) is 21.2. The Bertz CT molecular complexity index is 1450. The minimum Gasteiger partial charge on any atom is -0.497 e. The Hall–Kier alpha value is -3.35. The molecule has 0 saturated heterocycles. The van der Waals surface area contributed by atoms with Crippen LogP contribution in [0.5, 0.6) is 5.75 Å². The van der Waals surface area contributed by atoms with E-state index < -0.39 is 5.41 Å². The van der Waals surface area contributed by atoms with Gasteiger partial charge in [0, 0.05) is 40.1 Å². The molecule has 5 nitrogen and oxygen atoms in total. The Morgan fingerprint density at radius 2 is 2.06 bits per heavy atom. The molecule has 1 unspecified atom stereocenters. The number of methoxy groups -OCH3 is 1. The summed E-state index contributed by atoms with van der Waals surface area (Å²) in [6, 6.07) is 14.7. The Balaban J connectivity index is 1.26. The quantitative estimate of drug-likeness (QED) is 0.373. The third-order valence-corrected chi connectivity index (χ3v) is 8.00. The molecule has 2 aromatic heterocycles. The molecule has 0 radical (unpaired) electrons. The van der Waals surface area contributed by atoms with Gasteiger partial charge in [-0.05, 0) is 78.5 Å². The molecule has 2 aliphatic rings. The Morgan fingerprint density at radius 1 is 1.18 bits per heavy atom. The van der Waals surface area contributed by atoms with Crippen molar-refractivity contribution in [2.24, 2.45) is 0 Å². The van der Waals surface area contributed by atoms with E-state index in [1.807, 2.05) is 18.2 Å². The lowest BCUT2D eigenvalue weighted by Crippen LogP contribution is -2.21. The summed E-state index contributed by atoms with van der Waals surface area (Å²) in [6.45, 7) is 0.965. The summed E-state index contributed by atoms with van der Waals surface area (Å²) in [5.41, 5.74) is 6.18. The number of aromatic amines is 1. The van der Waals surface area contributed by atoms with Crippen LogP contribution >= 0.6 is 11.3 Å². The smallest absolute Gasteiger partial charge is 0.235 e. The first-order valence-corrected chi connectivity index (χ1v) is 12.4. The van der Waals surface area contributed by atoms with Gasteiger partial charge < -0.3 is 19.9 Å². The van der Waals surface area contributed by atoms with Crippen LogP contribution in [0, 0.1) is 0 Å². The number of benzene rings is 2. The SMILES string of the molecule is COc1ccc2c(c1)[C@]1(CC1c1ccc3c(/C=C/c4csc(CN(C)C)c4)c[nH]c3c1)C(=O)N2. The molecule has 4 aromatic rings. The number of amides is 1. The number of nitrogens with zero attached hydrogens (tertiary/aromatic N) is 1. The summed E-state index contributed by atoms with van der Waals surface area (Å²) in [7, 11) is 5.84. The number of carbonyl (C=O) groups is 1. The fourth-order valence-electron chi connectivity index (χ4n) is 5.29. The van der Waals surface area contributed by atoms with Crippen molar-refractivity contribution in [3.8, 4) is 5.75 Å². The van der Waals surface area contributed by atoms with Crippen LogP contribution in [0.2, 0.25) is 0 Å². The molecule has 1 aliphatic carbocycles. The third-order valence-electron chi connectivity index (χ3n) is 7.06. The highest BCUT2D eigenvalue weighted by Crippen LogP contribution is 2.65. The molecule has 2 aromatic carbocycles. The van der Waals surface area contributed by atoms with Crippen LogP contribution in [0.1, 0.15) is 39.5 Å². The monoisotopic (exact) mass is 469 g/mol. The van der Waals surface area contributed by atoms with E-state index in [1.165, 1.54) is 27.0 Å². The normalized spacial score (nSPS) is 21.1. The lowest BCUT2D eigenvalue weighted by molar-refractivity contribution is -0.118. The van der Waals surface area contributed by atoms with E-state index in [9.17, 15) is 4.79 Å². The second kappa shape index (κ2) is 7.86. The van der Waals surface area contributed by atoms with Crippen molar-refractivity contribution in [2.45, 2.75) is 24.3 Å². The van der Waals surface area contributed by atoms with Crippen molar-refractivity contribution in [2.75, 3.05) is 26.5 Å². The van der Waals surface area contributed by atoms with Crippen molar-refractivity contribution in [1.29, 1.82) is 0 Å². The largest absolute Gasteiger partial charge is 0.497 e. The van der Waals surface area contributed by atoms with Crippen LogP contribution in [-0.2, 0) is 16.8 Å². The number of aromatic nitrogens is 1. The Morgan fingerprint density at radius 3 is 2.88 bits per heavy atom. The van der Waals surface area contributed by atoms with Gasteiger partial charge in [0.2, 0.25) is 5.91 Å². The Kier molecular flexibility index (Phi) is 4.90. The van der Waals surface area contributed by atoms with Crippen molar-refractivity contribution < 1.29 is 9.53 Å². The standard InChI is InChI=1S/C28H27N3O2S/c1-31(2)15-21-10-17(16-34-21)4-5-19-14-29-26-11-18(6-8-22(19)26)24-13-28(24)23-12-20(33-3)7-9-25(23)30-27(28)32/h4-12,14,16,24,29H,13,15H2,1-3H3,(H,30,32)/b5-4+/t24?,28-/m0/s1. The topological polar surface area (TPSA) is 57.4 Å². The number of fused-ring (bicyclic) bond motifs is 3. The molecule has 2 atom stereocenters. The molecule has 6 rings (SSSR count). The minimum atomic E-state index is -0.476. The first-order valence-electron chi connectivity index (χ1n) is 11.5. The predicted octanol–water partition coefficient (Wildman–Crippen LogP) is 5.85. The minimum absolute atomic E-state index is 0.0976. The zero-order chi connectivity index (χ0) is 23.4. The molecule has 0 bridgehead atoms. The van der Waals surface area contributed by atoms with E-state index in [0.29, 0.717) is 0 Å². The van der Waals surface area contributed by atoms with E-state index in [2.05, 4.69) is 77.3 Å². The number of hydrogen-bond donors (Lipinski definition) is 2.